The highest BCUT2D eigenvalue weighted by Crippen LogP contribution is 2.25. The van der Waals surface area contributed by atoms with Crippen molar-refractivity contribution >= 4 is 12.4 Å². The van der Waals surface area contributed by atoms with Gasteiger partial charge in [0.15, 0.2) is 5.82 Å². The van der Waals surface area contributed by atoms with Gasteiger partial charge in [-0.3, -0.25) is 4.90 Å². The first-order valence-corrected chi connectivity index (χ1v) is 8.24. The summed E-state index contributed by atoms with van der Waals surface area (Å²) in [6.45, 7) is 1.65. The van der Waals surface area contributed by atoms with Crippen molar-refractivity contribution in [2.75, 3.05) is 0 Å². The Kier molecular flexibility index (Phi) is 7.15. The molecule has 0 aliphatic heterocycles. The highest BCUT2D eigenvalue weighted by atomic mass is 35.5. The van der Waals surface area contributed by atoms with Crippen LogP contribution in [0, 0.1) is 5.82 Å². The van der Waals surface area contributed by atoms with E-state index < -0.39 is 0 Å². The van der Waals surface area contributed by atoms with Crippen LogP contribution in [0.1, 0.15) is 49.4 Å². The fourth-order valence-corrected chi connectivity index (χ4v) is 3.20. The van der Waals surface area contributed by atoms with Crippen molar-refractivity contribution in [3.05, 3.63) is 47.4 Å². The molecule has 0 unspecified atom stereocenters. The zero-order valence-electron chi connectivity index (χ0n) is 13.7. The van der Waals surface area contributed by atoms with Crippen molar-refractivity contribution < 1.29 is 8.91 Å². The van der Waals surface area contributed by atoms with Gasteiger partial charge in [-0.2, -0.15) is 4.98 Å². The number of aromatic nitrogens is 2. The molecule has 2 aromatic rings. The normalized spacial score (nSPS) is 15.5. The van der Waals surface area contributed by atoms with Crippen LogP contribution in [0.25, 0.3) is 0 Å². The maximum absolute atomic E-state index is 13.1. The lowest BCUT2D eigenvalue weighted by Crippen LogP contribution is -2.36. The monoisotopic (exact) mass is 354 g/mol. The average molecular weight is 355 g/mol. The molecule has 0 radical (unpaired) electrons. The van der Waals surface area contributed by atoms with Crippen LogP contribution in [0.2, 0.25) is 0 Å². The number of nitrogens with zero attached hydrogens (tertiary/aromatic N) is 3. The maximum Gasteiger partial charge on any atom is 0.240 e. The van der Waals surface area contributed by atoms with E-state index in [1.54, 1.807) is 0 Å². The Morgan fingerprint density at radius 1 is 1.12 bits per heavy atom. The summed E-state index contributed by atoms with van der Waals surface area (Å²) in [5.41, 5.74) is 6.63. The van der Waals surface area contributed by atoms with E-state index in [4.69, 9.17) is 10.3 Å². The molecule has 1 heterocycles. The number of nitrogens with two attached hydrogens (primary N) is 1. The molecule has 0 bridgehead atoms. The van der Waals surface area contributed by atoms with Gasteiger partial charge in [-0.25, -0.2) is 4.39 Å². The lowest BCUT2D eigenvalue weighted by Gasteiger charge is -2.33. The van der Waals surface area contributed by atoms with Gasteiger partial charge in [0.25, 0.3) is 0 Å². The van der Waals surface area contributed by atoms with Gasteiger partial charge >= 0.3 is 0 Å². The molecule has 1 aromatic heterocycles. The molecule has 1 aliphatic carbocycles. The maximum atomic E-state index is 13.1. The largest absolute Gasteiger partial charge is 0.338 e. The first-order valence-electron chi connectivity index (χ1n) is 8.24. The molecule has 2 N–H and O–H groups in total. The SMILES string of the molecule is Cl.NCc1nc(CN(Cc2ccc(F)cc2)C2CCCCC2)no1. The predicted molar refractivity (Wildman–Crippen MR) is 92.0 cm³/mol. The van der Waals surface area contributed by atoms with Crippen LogP contribution in [-0.2, 0) is 19.6 Å². The van der Waals surface area contributed by atoms with Crippen molar-refractivity contribution in [1.82, 2.24) is 15.0 Å². The first-order chi connectivity index (χ1) is 11.2. The van der Waals surface area contributed by atoms with Gasteiger partial charge in [0.2, 0.25) is 5.89 Å². The number of halogens is 2. The molecule has 1 aromatic carbocycles. The lowest BCUT2D eigenvalue weighted by molar-refractivity contribution is 0.135. The summed E-state index contributed by atoms with van der Waals surface area (Å²) in [5.74, 6) is 0.923. The number of hydrogen-bond acceptors (Lipinski definition) is 5. The zero-order chi connectivity index (χ0) is 16.1. The molecule has 1 fully saturated rings. The molecular formula is C17H24ClFN4O. The standard InChI is InChI=1S/C17H23FN4O.ClH/c18-14-8-6-13(7-9-14)11-22(15-4-2-1-3-5-15)12-16-20-17(10-19)23-21-16;/h6-9,15H,1-5,10-12,19H2;1H. The third kappa shape index (κ3) is 5.00. The molecular weight excluding hydrogens is 331 g/mol. The fourth-order valence-electron chi connectivity index (χ4n) is 3.20. The second-order valence-electron chi connectivity index (χ2n) is 6.13. The second-order valence-corrected chi connectivity index (χ2v) is 6.13. The minimum absolute atomic E-state index is 0. The average Bonchev–Trinajstić information content (AvgIpc) is 3.05. The Balaban J connectivity index is 0.00000208. The fraction of sp³-hybridized carbons (Fsp3) is 0.529. The Morgan fingerprint density at radius 2 is 1.83 bits per heavy atom. The molecule has 3 rings (SSSR count). The summed E-state index contributed by atoms with van der Waals surface area (Å²) in [7, 11) is 0. The minimum atomic E-state index is -0.205. The van der Waals surface area contributed by atoms with Gasteiger partial charge in [0.1, 0.15) is 5.82 Å². The van der Waals surface area contributed by atoms with Gasteiger partial charge < -0.3 is 10.3 Å². The van der Waals surface area contributed by atoms with Gasteiger partial charge in [0, 0.05) is 12.6 Å². The van der Waals surface area contributed by atoms with E-state index in [9.17, 15) is 4.39 Å². The molecule has 0 atom stereocenters. The summed E-state index contributed by atoms with van der Waals surface area (Å²) in [6, 6.07) is 7.21. The van der Waals surface area contributed by atoms with E-state index in [0.717, 1.165) is 12.1 Å². The van der Waals surface area contributed by atoms with E-state index in [1.807, 2.05) is 12.1 Å². The van der Waals surface area contributed by atoms with Gasteiger partial charge in [-0.05, 0) is 30.5 Å². The molecule has 7 heteroatoms. The van der Waals surface area contributed by atoms with Crippen molar-refractivity contribution in [3.8, 4) is 0 Å². The zero-order valence-corrected chi connectivity index (χ0v) is 14.5. The number of hydrogen-bond donors (Lipinski definition) is 1. The van der Waals surface area contributed by atoms with Crippen LogP contribution in [0.15, 0.2) is 28.8 Å². The van der Waals surface area contributed by atoms with Crippen LogP contribution < -0.4 is 5.73 Å². The number of rotatable bonds is 6. The Labute approximate surface area is 147 Å². The molecule has 0 spiro atoms. The third-order valence-electron chi connectivity index (χ3n) is 4.42. The third-order valence-corrected chi connectivity index (χ3v) is 4.42. The van der Waals surface area contributed by atoms with E-state index in [-0.39, 0.29) is 24.8 Å². The highest BCUT2D eigenvalue weighted by molar-refractivity contribution is 5.85. The van der Waals surface area contributed by atoms with E-state index in [2.05, 4.69) is 15.0 Å². The van der Waals surface area contributed by atoms with Gasteiger partial charge in [-0.15, -0.1) is 12.4 Å². The Bertz CT molecular complexity index is 613. The smallest absolute Gasteiger partial charge is 0.240 e. The van der Waals surface area contributed by atoms with Crippen molar-refractivity contribution in [2.24, 2.45) is 5.73 Å². The molecule has 132 valence electrons. The first kappa shape index (κ1) is 18.8. The highest BCUT2D eigenvalue weighted by Gasteiger charge is 2.23. The second kappa shape index (κ2) is 9.11. The van der Waals surface area contributed by atoms with Crippen LogP contribution >= 0.6 is 12.4 Å². The van der Waals surface area contributed by atoms with E-state index >= 15 is 0 Å². The molecule has 0 amide bonds. The topological polar surface area (TPSA) is 68.2 Å². The molecule has 24 heavy (non-hydrogen) atoms. The Hall–Kier alpha value is -1.50. The van der Waals surface area contributed by atoms with E-state index in [0.29, 0.717) is 24.3 Å². The predicted octanol–water partition coefficient (Wildman–Crippen LogP) is 3.42. The van der Waals surface area contributed by atoms with E-state index in [1.165, 1.54) is 44.2 Å². The lowest BCUT2D eigenvalue weighted by atomic mass is 9.94. The number of benzene rings is 1. The van der Waals surface area contributed by atoms with Gasteiger partial charge in [0.05, 0.1) is 13.1 Å². The van der Waals surface area contributed by atoms with Crippen LogP contribution in [0.5, 0.6) is 0 Å². The summed E-state index contributed by atoms with van der Waals surface area (Å²) in [4.78, 5) is 6.69. The van der Waals surface area contributed by atoms with Gasteiger partial charge in [-0.1, -0.05) is 36.6 Å². The molecule has 1 aliphatic rings. The Morgan fingerprint density at radius 3 is 2.46 bits per heavy atom. The minimum Gasteiger partial charge on any atom is -0.338 e. The summed E-state index contributed by atoms with van der Waals surface area (Å²) < 4.78 is 18.2. The van der Waals surface area contributed by atoms with Crippen molar-refractivity contribution in [2.45, 2.75) is 57.8 Å². The van der Waals surface area contributed by atoms with Crippen molar-refractivity contribution in [1.29, 1.82) is 0 Å². The molecule has 5 nitrogen and oxygen atoms in total. The molecule has 1 saturated carbocycles. The summed E-state index contributed by atoms with van der Waals surface area (Å²) in [5, 5.41) is 4.01. The van der Waals surface area contributed by atoms with Crippen molar-refractivity contribution in [3.63, 3.8) is 0 Å². The molecule has 0 saturated heterocycles. The van der Waals surface area contributed by atoms with Crippen LogP contribution in [0.3, 0.4) is 0 Å². The summed E-state index contributed by atoms with van der Waals surface area (Å²) >= 11 is 0. The van der Waals surface area contributed by atoms with Crippen LogP contribution in [-0.4, -0.2) is 21.1 Å². The quantitative estimate of drug-likeness (QED) is 0.860. The summed E-state index contributed by atoms with van der Waals surface area (Å²) in [6.07, 6.45) is 6.18. The van der Waals surface area contributed by atoms with Crippen LogP contribution in [0.4, 0.5) is 4.39 Å².